The first-order valence-corrected chi connectivity index (χ1v) is 8.01. The fourth-order valence-electron chi connectivity index (χ4n) is 2.33. The Morgan fingerprint density at radius 3 is 2.73 bits per heavy atom. The van der Waals surface area contributed by atoms with Crippen LogP contribution in [0.3, 0.4) is 0 Å². The Bertz CT molecular complexity index is 768. The van der Waals surface area contributed by atoms with Crippen molar-refractivity contribution >= 4 is 23.4 Å². The maximum atomic E-state index is 11.7. The second kappa shape index (κ2) is 8.97. The van der Waals surface area contributed by atoms with Gasteiger partial charge < -0.3 is 31.6 Å². The third-order valence-electron chi connectivity index (χ3n) is 3.61. The molecule has 1 aromatic heterocycles. The highest BCUT2D eigenvalue weighted by molar-refractivity contribution is 5.98. The van der Waals surface area contributed by atoms with Crippen molar-refractivity contribution in [2.75, 3.05) is 38.0 Å². The van der Waals surface area contributed by atoms with Crippen LogP contribution in [0.5, 0.6) is 5.75 Å². The lowest BCUT2D eigenvalue weighted by molar-refractivity contribution is 0.100. The monoisotopic (exact) mass is 360 g/mol. The predicted molar refractivity (Wildman–Crippen MR) is 99.9 cm³/mol. The molecule has 0 saturated carbocycles. The Kier molecular flexibility index (Phi) is 6.70. The number of aromatic nitrogens is 2. The predicted octanol–water partition coefficient (Wildman–Crippen LogP) is 1.02. The molecule has 0 saturated heterocycles. The number of methoxy groups -OCH3 is 2. The third-order valence-corrected chi connectivity index (χ3v) is 3.61. The van der Waals surface area contributed by atoms with E-state index >= 15 is 0 Å². The molecule has 6 N–H and O–H groups in total. The highest BCUT2D eigenvalue weighted by atomic mass is 16.5. The molecular weight excluding hydrogens is 336 g/mol. The van der Waals surface area contributed by atoms with Gasteiger partial charge in [0.25, 0.3) is 5.91 Å². The van der Waals surface area contributed by atoms with Crippen molar-refractivity contribution in [3.8, 4) is 5.75 Å². The van der Waals surface area contributed by atoms with Crippen molar-refractivity contribution in [1.82, 2.24) is 9.97 Å². The highest BCUT2D eigenvalue weighted by Crippen LogP contribution is 2.25. The lowest BCUT2D eigenvalue weighted by atomic mass is 10.2. The van der Waals surface area contributed by atoms with Crippen LogP contribution in [-0.4, -0.2) is 49.3 Å². The minimum atomic E-state index is -0.625. The Morgan fingerprint density at radius 1 is 1.35 bits per heavy atom. The number of amides is 1. The van der Waals surface area contributed by atoms with Gasteiger partial charge in [-0.1, -0.05) is 0 Å². The summed E-state index contributed by atoms with van der Waals surface area (Å²) in [5.41, 5.74) is 13.2. The number of hydrogen-bond acceptors (Lipinski definition) is 8. The van der Waals surface area contributed by atoms with Crippen LogP contribution >= 0.6 is 0 Å². The standard InChI is InChI=1S/C17H24N6O3/c1-10-6-12(4-5-14(10)26-3)22-16-13(15(19)24)8-21-17(23-16)20-7-11(18)9-25-2/h4-6,8,11H,7,9,18H2,1-3H3,(H2,19,24)(H2,20,21,22,23). The summed E-state index contributed by atoms with van der Waals surface area (Å²) in [5.74, 6) is 0.775. The maximum Gasteiger partial charge on any atom is 0.254 e. The Balaban J connectivity index is 2.22. The molecule has 0 aliphatic rings. The lowest BCUT2D eigenvalue weighted by Crippen LogP contribution is -2.33. The van der Waals surface area contributed by atoms with Gasteiger partial charge in [0.15, 0.2) is 0 Å². The number of ether oxygens (including phenoxy) is 2. The first-order valence-electron chi connectivity index (χ1n) is 8.01. The molecule has 1 atom stereocenters. The molecule has 0 fully saturated rings. The lowest BCUT2D eigenvalue weighted by Gasteiger charge is -2.14. The highest BCUT2D eigenvalue weighted by Gasteiger charge is 2.13. The van der Waals surface area contributed by atoms with Crippen LogP contribution < -0.4 is 26.8 Å². The number of nitrogens with one attached hydrogen (secondary N) is 2. The summed E-state index contributed by atoms with van der Waals surface area (Å²) < 4.78 is 10.2. The molecule has 2 aromatic rings. The molecule has 1 unspecified atom stereocenters. The second-order valence-electron chi connectivity index (χ2n) is 5.73. The van der Waals surface area contributed by atoms with Crippen LogP contribution in [0.1, 0.15) is 15.9 Å². The van der Waals surface area contributed by atoms with E-state index in [0.29, 0.717) is 24.9 Å². The molecule has 2 rings (SSSR count). The molecule has 0 aliphatic carbocycles. The van der Waals surface area contributed by atoms with Crippen molar-refractivity contribution in [3.05, 3.63) is 35.5 Å². The molecule has 0 radical (unpaired) electrons. The van der Waals surface area contributed by atoms with E-state index in [4.69, 9.17) is 20.9 Å². The number of rotatable bonds is 9. The van der Waals surface area contributed by atoms with Crippen LogP contribution in [0.25, 0.3) is 0 Å². The van der Waals surface area contributed by atoms with Gasteiger partial charge in [0, 0.05) is 31.6 Å². The number of nitrogens with two attached hydrogens (primary N) is 2. The summed E-state index contributed by atoms with van der Waals surface area (Å²) in [6.45, 7) is 2.75. The van der Waals surface area contributed by atoms with Crippen LogP contribution in [-0.2, 0) is 4.74 Å². The molecule has 140 valence electrons. The second-order valence-corrected chi connectivity index (χ2v) is 5.73. The van der Waals surface area contributed by atoms with Crippen molar-refractivity contribution in [3.63, 3.8) is 0 Å². The average Bonchev–Trinajstić information content (AvgIpc) is 2.60. The van der Waals surface area contributed by atoms with Crippen LogP contribution in [0.2, 0.25) is 0 Å². The number of nitrogens with zero attached hydrogens (tertiary/aromatic N) is 2. The molecule has 9 heteroatoms. The molecule has 0 aliphatic heterocycles. The smallest absolute Gasteiger partial charge is 0.254 e. The van der Waals surface area contributed by atoms with Gasteiger partial charge >= 0.3 is 0 Å². The quantitative estimate of drug-likeness (QED) is 0.520. The summed E-state index contributed by atoms with van der Waals surface area (Å²) in [6, 6.07) is 5.32. The van der Waals surface area contributed by atoms with E-state index in [0.717, 1.165) is 17.0 Å². The molecule has 1 heterocycles. The van der Waals surface area contributed by atoms with Gasteiger partial charge in [0.05, 0.1) is 13.7 Å². The number of aryl methyl sites for hydroxylation is 1. The molecule has 9 nitrogen and oxygen atoms in total. The third kappa shape index (κ3) is 5.04. The first kappa shape index (κ1) is 19.4. The minimum absolute atomic E-state index is 0.185. The fraction of sp³-hybridized carbons (Fsp3) is 0.353. The molecule has 1 aromatic carbocycles. The van der Waals surface area contributed by atoms with Gasteiger partial charge in [-0.2, -0.15) is 4.98 Å². The summed E-state index contributed by atoms with van der Waals surface area (Å²) in [7, 11) is 3.19. The number of carbonyl (C=O) groups is 1. The zero-order valence-electron chi connectivity index (χ0n) is 15.1. The van der Waals surface area contributed by atoms with E-state index in [1.165, 1.54) is 6.20 Å². The van der Waals surface area contributed by atoms with E-state index in [1.807, 2.05) is 25.1 Å². The van der Waals surface area contributed by atoms with Crippen molar-refractivity contribution in [2.45, 2.75) is 13.0 Å². The number of anilines is 3. The zero-order valence-corrected chi connectivity index (χ0v) is 15.1. The fourth-order valence-corrected chi connectivity index (χ4v) is 2.33. The number of primary amides is 1. The van der Waals surface area contributed by atoms with Crippen molar-refractivity contribution in [1.29, 1.82) is 0 Å². The van der Waals surface area contributed by atoms with E-state index < -0.39 is 5.91 Å². The molecule has 0 spiro atoms. The van der Waals surface area contributed by atoms with Gasteiger partial charge in [-0.15, -0.1) is 0 Å². The number of benzene rings is 1. The maximum absolute atomic E-state index is 11.7. The normalized spacial score (nSPS) is 11.7. The molecular formula is C17H24N6O3. The first-order chi connectivity index (χ1) is 12.4. The summed E-state index contributed by atoms with van der Waals surface area (Å²) in [6.07, 6.45) is 1.37. The molecule has 1 amide bonds. The van der Waals surface area contributed by atoms with Crippen LogP contribution in [0, 0.1) is 6.92 Å². The average molecular weight is 360 g/mol. The Labute approximate surface area is 152 Å². The molecule has 26 heavy (non-hydrogen) atoms. The van der Waals surface area contributed by atoms with E-state index in [9.17, 15) is 4.79 Å². The SMILES string of the molecule is COCC(N)CNc1ncc(C(N)=O)c(Nc2ccc(OC)c(C)c2)n1. The molecule has 0 bridgehead atoms. The van der Waals surface area contributed by atoms with Crippen molar-refractivity contribution in [2.24, 2.45) is 11.5 Å². The number of carbonyl (C=O) groups excluding carboxylic acids is 1. The van der Waals surface area contributed by atoms with Gasteiger partial charge in [-0.3, -0.25) is 4.79 Å². The van der Waals surface area contributed by atoms with Gasteiger partial charge in [0.2, 0.25) is 5.95 Å². The largest absolute Gasteiger partial charge is 0.496 e. The van der Waals surface area contributed by atoms with E-state index in [1.54, 1.807) is 14.2 Å². The summed E-state index contributed by atoms with van der Waals surface area (Å²) in [4.78, 5) is 20.1. The van der Waals surface area contributed by atoms with Gasteiger partial charge in [0.1, 0.15) is 17.1 Å². The summed E-state index contributed by atoms with van der Waals surface area (Å²) in [5, 5.41) is 6.11. The van der Waals surface area contributed by atoms with Gasteiger partial charge in [-0.25, -0.2) is 4.98 Å². The summed E-state index contributed by atoms with van der Waals surface area (Å²) >= 11 is 0. The van der Waals surface area contributed by atoms with E-state index in [2.05, 4.69) is 20.6 Å². The van der Waals surface area contributed by atoms with Crippen LogP contribution in [0.4, 0.5) is 17.5 Å². The van der Waals surface area contributed by atoms with Crippen LogP contribution in [0.15, 0.2) is 24.4 Å². The Morgan fingerprint density at radius 2 is 2.12 bits per heavy atom. The van der Waals surface area contributed by atoms with Gasteiger partial charge in [-0.05, 0) is 30.7 Å². The topological polar surface area (TPSA) is 137 Å². The van der Waals surface area contributed by atoms with Crippen molar-refractivity contribution < 1.29 is 14.3 Å². The zero-order chi connectivity index (χ0) is 19.1. The minimum Gasteiger partial charge on any atom is -0.496 e. The van der Waals surface area contributed by atoms with E-state index in [-0.39, 0.29) is 11.6 Å². The Hall–Kier alpha value is -2.91. The number of hydrogen-bond donors (Lipinski definition) is 4.